The summed E-state index contributed by atoms with van der Waals surface area (Å²) in [6.07, 6.45) is 2.45. The minimum atomic E-state index is -0.834. The van der Waals surface area contributed by atoms with Crippen molar-refractivity contribution in [1.82, 2.24) is 0 Å². The third-order valence-electron chi connectivity index (χ3n) is 5.03. The molecule has 0 saturated carbocycles. The molecule has 1 amide bonds. The molecule has 0 aliphatic carbocycles. The highest BCUT2D eigenvalue weighted by molar-refractivity contribution is 6.35. The first kappa shape index (κ1) is 18.2. The van der Waals surface area contributed by atoms with Gasteiger partial charge in [0.2, 0.25) is 0 Å². The van der Waals surface area contributed by atoms with Gasteiger partial charge in [0.05, 0.1) is 18.9 Å². The van der Waals surface area contributed by atoms with Crippen LogP contribution < -0.4 is 10.6 Å². The van der Waals surface area contributed by atoms with Crippen LogP contribution in [0.5, 0.6) is 0 Å². The van der Waals surface area contributed by atoms with Crippen molar-refractivity contribution in [1.29, 1.82) is 0 Å². The standard InChI is InChI=1S/C21H21ClN2O3/c1-24-19-7-4-15(21(8-9-23)26-10-11-27-21)13-17(19)18(20(24)25)12-14-2-5-16(22)6-3-14/h2-7,12-13H,8-11,23H2,1H3/b18-12-. The summed E-state index contributed by atoms with van der Waals surface area (Å²) in [5, 5.41) is 0.661. The molecule has 0 unspecified atom stereocenters. The second-order valence-electron chi connectivity index (χ2n) is 6.69. The molecule has 2 heterocycles. The second-order valence-corrected chi connectivity index (χ2v) is 7.13. The molecule has 4 rings (SSSR count). The summed E-state index contributed by atoms with van der Waals surface area (Å²) in [5.41, 5.74) is 9.95. The average Bonchev–Trinajstić information content (AvgIpc) is 3.24. The predicted octanol–water partition coefficient (Wildman–Crippen LogP) is 3.41. The molecule has 2 aromatic carbocycles. The lowest BCUT2D eigenvalue weighted by Crippen LogP contribution is -2.30. The van der Waals surface area contributed by atoms with Crippen molar-refractivity contribution >= 4 is 34.8 Å². The van der Waals surface area contributed by atoms with Crippen LogP contribution in [0.1, 0.15) is 23.1 Å². The normalized spacial score (nSPS) is 19.7. The molecule has 1 saturated heterocycles. The second kappa shape index (κ2) is 7.09. The van der Waals surface area contributed by atoms with Gasteiger partial charge in [0.15, 0.2) is 5.79 Å². The maximum atomic E-state index is 12.8. The molecule has 2 aromatic rings. The summed E-state index contributed by atoms with van der Waals surface area (Å²) in [6.45, 7) is 1.51. The number of fused-ring (bicyclic) bond motifs is 1. The molecule has 2 N–H and O–H groups in total. The molecule has 2 aliphatic rings. The first-order valence-corrected chi connectivity index (χ1v) is 9.30. The maximum Gasteiger partial charge on any atom is 0.258 e. The number of nitrogens with two attached hydrogens (primary N) is 1. The zero-order valence-electron chi connectivity index (χ0n) is 15.1. The molecule has 0 atom stereocenters. The Morgan fingerprint density at radius 3 is 2.56 bits per heavy atom. The predicted molar refractivity (Wildman–Crippen MR) is 106 cm³/mol. The number of carbonyl (C=O) groups excluding carboxylic acids is 1. The van der Waals surface area contributed by atoms with Crippen LogP contribution in [0.25, 0.3) is 11.6 Å². The number of benzene rings is 2. The van der Waals surface area contributed by atoms with Crippen molar-refractivity contribution < 1.29 is 14.3 Å². The van der Waals surface area contributed by atoms with Crippen molar-refractivity contribution in [2.75, 3.05) is 31.7 Å². The molecular weight excluding hydrogens is 364 g/mol. The van der Waals surface area contributed by atoms with E-state index in [1.165, 1.54) is 0 Å². The van der Waals surface area contributed by atoms with Crippen LogP contribution in [-0.4, -0.2) is 32.7 Å². The number of hydrogen-bond acceptors (Lipinski definition) is 4. The van der Waals surface area contributed by atoms with Gasteiger partial charge in [-0.05, 0) is 42.4 Å². The fourth-order valence-electron chi connectivity index (χ4n) is 3.65. The van der Waals surface area contributed by atoms with E-state index in [9.17, 15) is 4.79 Å². The Balaban J connectivity index is 1.80. The minimum Gasteiger partial charge on any atom is -0.343 e. The van der Waals surface area contributed by atoms with Gasteiger partial charge in [0.1, 0.15) is 0 Å². The number of ether oxygens (including phenoxy) is 2. The van der Waals surface area contributed by atoms with E-state index < -0.39 is 5.79 Å². The molecular formula is C21H21ClN2O3. The van der Waals surface area contributed by atoms with Gasteiger partial charge in [-0.2, -0.15) is 0 Å². The monoisotopic (exact) mass is 384 g/mol. The van der Waals surface area contributed by atoms with Gasteiger partial charge in [-0.25, -0.2) is 0 Å². The van der Waals surface area contributed by atoms with Crippen molar-refractivity contribution in [3.8, 4) is 0 Å². The Morgan fingerprint density at radius 1 is 1.19 bits per heavy atom. The quantitative estimate of drug-likeness (QED) is 0.820. The zero-order chi connectivity index (χ0) is 19.0. The van der Waals surface area contributed by atoms with Crippen molar-refractivity contribution in [2.24, 2.45) is 5.73 Å². The Bertz CT molecular complexity index is 902. The Labute approximate surface area is 163 Å². The first-order valence-electron chi connectivity index (χ1n) is 8.92. The van der Waals surface area contributed by atoms with Gasteiger partial charge in [-0.3, -0.25) is 4.79 Å². The number of nitrogens with zero attached hydrogens (tertiary/aromatic N) is 1. The van der Waals surface area contributed by atoms with E-state index in [0.717, 1.165) is 22.4 Å². The number of carbonyl (C=O) groups is 1. The van der Waals surface area contributed by atoms with E-state index in [1.54, 1.807) is 11.9 Å². The first-order chi connectivity index (χ1) is 13.0. The minimum absolute atomic E-state index is 0.0433. The van der Waals surface area contributed by atoms with E-state index in [4.69, 9.17) is 26.8 Å². The summed E-state index contributed by atoms with van der Waals surface area (Å²) < 4.78 is 11.8. The molecule has 0 aromatic heterocycles. The molecule has 1 fully saturated rings. The van der Waals surface area contributed by atoms with Crippen molar-refractivity contribution in [3.05, 3.63) is 64.2 Å². The van der Waals surface area contributed by atoms with Gasteiger partial charge in [-0.15, -0.1) is 0 Å². The number of rotatable bonds is 4. The lowest BCUT2D eigenvalue weighted by Gasteiger charge is -2.28. The van der Waals surface area contributed by atoms with Gasteiger partial charge in [0.25, 0.3) is 5.91 Å². The van der Waals surface area contributed by atoms with E-state index >= 15 is 0 Å². The van der Waals surface area contributed by atoms with Crippen LogP contribution in [-0.2, 0) is 20.1 Å². The molecule has 0 radical (unpaired) electrons. The molecule has 140 valence electrons. The molecule has 0 bridgehead atoms. The average molecular weight is 385 g/mol. The fraction of sp³-hybridized carbons (Fsp3) is 0.286. The molecule has 27 heavy (non-hydrogen) atoms. The lowest BCUT2D eigenvalue weighted by molar-refractivity contribution is -0.168. The van der Waals surface area contributed by atoms with Crippen molar-refractivity contribution in [3.63, 3.8) is 0 Å². The van der Waals surface area contributed by atoms with E-state index in [1.807, 2.05) is 48.5 Å². The highest BCUT2D eigenvalue weighted by Gasteiger charge is 2.40. The molecule has 0 spiro atoms. The third-order valence-corrected chi connectivity index (χ3v) is 5.28. The molecule has 6 heteroatoms. The van der Waals surface area contributed by atoms with Crippen LogP contribution in [0.3, 0.4) is 0 Å². The topological polar surface area (TPSA) is 64.8 Å². The van der Waals surface area contributed by atoms with Crippen LogP contribution in [0.2, 0.25) is 5.02 Å². The molecule has 2 aliphatic heterocycles. The summed E-state index contributed by atoms with van der Waals surface area (Å²) >= 11 is 5.97. The van der Waals surface area contributed by atoms with Crippen molar-refractivity contribution in [2.45, 2.75) is 12.2 Å². The number of anilines is 1. The number of hydrogen-bond donors (Lipinski definition) is 1. The largest absolute Gasteiger partial charge is 0.343 e. The number of amides is 1. The zero-order valence-corrected chi connectivity index (χ0v) is 15.8. The number of likely N-dealkylation sites (N-methyl/N-ethyl adjacent to an activating group) is 1. The van der Waals surface area contributed by atoms with E-state index in [2.05, 4.69) is 0 Å². The Morgan fingerprint density at radius 2 is 1.89 bits per heavy atom. The van der Waals surface area contributed by atoms with Gasteiger partial charge < -0.3 is 20.1 Å². The van der Waals surface area contributed by atoms with Gasteiger partial charge >= 0.3 is 0 Å². The highest BCUT2D eigenvalue weighted by atomic mass is 35.5. The van der Waals surface area contributed by atoms with E-state index in [0.29, 0.717) is 36.8 Å². The van der Waals surface area contributed by atoms with Crippen LogP contribution in [0.4, 0.5) is 5.69 Å². The SMILES string of the molecule is CN1C(=O)/C(=C\c2ccc(Cl)cc2)c2cc(C3(CCN)OCCO3)ccc21. The summed E-state index contributed by atoms with van der Waals surface area (Å²) in [6, 6.07) is 13.3. The summed E-state index contributed by atoms with van der Waals surface area (Å²) in [7, 11) is 1.78. The summed E-state index contributed by atoms with van der Waals surface area (Å²) in [4.78, 5) is 14.5. The third kappa shape index (κ3) is 3.17. The fourth-order valence-corrected chi connectivity index (χ4v) is 3.78. The number of halogens is 1. The molecule has 5 nitrogen and oxygen atoms in total. The van der Waals surface area contributed by atoms with Crippen LogP contribution in [0.15, 0.2) is 42.5 Å². The maximum absolute atomic E-state index is 12.8. The van der Waals surface area contributed by atoms with Gasteiger partial charge in [0, 0.05) is 35.2 Å². The lowest BCUT2D eigenvalue weighted by atomic mass is 9.96. The smallest absolute Gasteiger partial charge is 0.258 e. The Kier molecular flexibility index (Phi) is 4.78. The van der Waals surface area contributed by atoms with Gasteiger partial charge in [-0.1, -0.05) is 29.8 Å². The summed E-state index contributed by atoms with van der Waals surface area (Å²) in [5.74, 6) is -0.877. The highest BCUT2D eigenvalue weighted by Crippen LogP contribution is 2.42. The van der Waals surface area contributed by atoms with Crippen LogP contribution in [0, 0.1) is 0 Å². The Hall–Kier alpha value is -2.18. The van der Waals surface area contributed by atoms with Crippen LogP contribution >= 0.6 is 11.6 Å². The van der Waals surface area contributed by atoms with E-state index in [-0.39, 0.29) is 5.91 Å².